The predicted octanol–water partition coefficient (Wildman–Crippen LogP) is 3.76. The molecule has 1 amide bonds. The molecule has 2 aliphatic heterocycles. The zero-order valence-electron chi connectivity index (χ0n) is 19.3. The van der Waals surface area contributed by atoms with Crippen LogP contribution < -0.4 is 20.3 Å². The van der Waals surface area contributed by atoms with Gasteiger partial charge in [0.25, 0.3) is 11.5 Å². The van der Waals surface area contributed by atoms with Gasteiger partial charge in [0.15, 0.2) is 11.5 Å². The zero-order valence-corrected chi connectivity index (χ0v) is 20.9. The molecule has 2 aromatic rings. The Hall–Kier alpha value is -3.29. The Morgan fingerprint density at radius 1 is 1.29 bits per heavy atom. The third-order valence-corrected chi connectivity index (χ3v) is 6.97. The molecular formula is C24H24N4O4S2. The van der Waals surface area contributed by atoms with Gasteiger partial charge in [0, 0.05) is 25.7 Å². The van der Waals surface area contributed by atoms with Gasteiger partial charge in [0.05, 0.1) is 4.91 Å². The van der Waals surface area contributed by atoms with Crippen molar-refractivity contribution in [2.24, 2.45) is 13.0 Å². The Kier molecular flexibility index (Phi) is 6.68. The molecule has 0 unspecified atom stereocenters. The number of rotatable bonds is 6. The van der Waals surface area contributed by atoms with Gasteiger partial charge < -0.3 is 14.8 Å². The topological polar surface area (TPSA) is 96.6 Å². The largest absolute Gasteiger partial charge is 0.454 e. The lowest BCUT2D eigenvalue weighted by atomic mass is 10.0. The number of aromatic nitrogens is 1. The average molecular weight is 497 g/mol. The number of hydrogen-bond donors (Lipinski definition) is 1. The number of benzene rings is 1. The van der Waals surface area contributed by atoms with Crippen LogP contribution in [-0.2, 0) is 18.4 Å². The van der Waals surface area contributed by atoms with E-state index in [4.69, 9.17) is 21.7 Å². The number of thiocarbonyl (C=S) groups is 1. The summed E-state index contributed by atoms with van der Waals surface area (Å²) in [6.45, 7) is 6.88. The zero-order chi connectivity index (χ0) is 24.6. The van der Waals surface area contributed by atoms with E-state index in [0.717, 1.165) is 5.56 Å². The van der Waals surface area contributed by atoms with Crippen molar-refractivity contribution < 1.29 is 14.3 Å². The van der Waals surface area contributed by atoms with E-state index >= 15 is 0 Å². The van der Waals surface area contributed by atoms with Crippen LogP contribution in [0.15, 0.2) is 27.9 Å². The van der Waals surface area contributed by atoms with Crippen molar-refractivity contribution >= 4 is 46.1 Å². The van der Waals surface area contributed by atoms with Crippen LogP contribution in [0, 0.1) is 24.2 Å². The number of nitriles is 1. The van der Waals surface area contributed by atoms with Crippen LogP contribution in [0.25, 0.3) is 6.08 Å². The van der Waals surface area contributed by atoms with Crippen LogP contribution in [-0.4, -0.2) is 33.0 Å². The first kappa shape index (κ1) is 23.9. The molecule has 1 fully saturated rings. The maximum Gasteiger partial charge on any atom is 0.270 e. The van der Waals surface area contributed by atoms with Crippen LogP contribution in [0.5, 0.6) is 11.5 Å². The second-order valence-electron chi connectivity index (χ2n) is 8.47. The molecule has 1 aromatic carbocycles. The Bertz CT molecular complexity index is 1320. The van der Waals surface area contributed by atoms with E-state index in [-0.39, 0.29) is 24.2 Å². The van der Waals surface area contributed by atoms with E-state index in [1.165, 1.54) is 16.3 Å². The van der Waals surface area contributed by atoms with Gasteiger partial charge in [-0.15, -0.1) is 0 Å². The van der Waals surface area contributed by atoms with E-state index < -0.39 is 5.56 Å². The Labute approximate surface area is 207 Å². The fourth-order valence-corrected chi connectivity index (χ4v) is 5.09. The third kappa shape index (κ3) is 4.41. The van der Waals surface area contributed by atoms with Crippen molar-refractivity contribution in [3.63, 3.8) is 0 Å². The van der Waals surface area contributed by atoms with E-state index in [1.54, 1.807) is 24.9 Å². The molecule has 0 atom stereocenters. The number of nitrogens with zero attached hydrogens (tertiary/aromatic N) is 3. The van der Waals surface area contributed by atoms with Crippen LogP contribution in [0.3, 0.4) is 0 Å². The van der Waals surface area contributed by atoms with Gasteiger partial charge in [-0.25, -0.2) is 0 Å². The monoisotopic (exact) mass is 496 g/mol. The lowest BCUT2D eigenvalue weighted by molar-refractivity contribution is -0.122. The number of nitrogens with one attached hydrogen (secondary N) is 1. The number of carbonyl (C=O) groups excluding carboxylic acids is 1. The SMILES string of the molecule is Cc1c(/C=C2/SC(=S)N(CC(C)C)C2=O)c(NCc2ccc3c(c2)OCO3)n(C)c(=O)c1C#N. The first-order valence-corrected chi connectivity index (χ1v) is 11.9. The van der Waals surface area contributed by atoms with Gasteiger partial charge in [-0.1, -0.05) is 43.9 Å². The summed E-state index contributed by atoms with van der Waals surface area (Å²) in [5, 5.41) is 12.9. The number of amides is 1. The van der Waals surface area contributed by atoms with Gasteiger partial charge in [0.2, 0.25) is 6.79 Å². The Morgan fingerprint density at radius 2 is 2.03 bits per heavy atom. The van der Waals surface area contributed by atoms with Gasteiger partial charge in [-0.2, -0.15) is 5.26 Å². The summed E-state index contributed by atoms with van der Waals surface area (Å²) in [4.78, 5) is 27.9. The molecule has 1 N–H and O–H groups in total. The summed E-state index contributed by atoms with van der Waals surface area (Å²) in [5.74, 6) is 1.96. The maximum absolute atomic E-state index is 13.0. The minimum atomic E-state index is -0.405. The number of pyridine rings is 1. The molecule has 3 heterocycles. The van der Waals surface area contributed by atoms with Gasteiger partial charge in [-0.05, 0) is 42.2 Å². The fraction of sp³-hybridized carbons (Fsp3) is 0.333. The van der Waals surface area contributed by atoms with E-state index in [1.807, 2.05) is 38.1 Å². The lowest BCUT2D eigenvalue weighted by Crippen LogP contribution is -2.31. The van der Waals surface area contributed by atoms with Crippen molar-refractivity contribution in [3.8, 4) is 17.6 Å². The molecule has 1 aromatic heterocycles. The average Bonchev–Trinajstić information content (AvgIpc) is 3.37. The molecule has 34 heavy (non-hydrogen) atoms. The smallest absolute Gasteiger partial charge is 0.270 e. The van der Waals surface area contributed by atoms with Crippen LogP contribution in [0.2, 0.25) is 0 Å². The number of anilines is 1. The molecule has 4 rings (SSSR count). The quantitative estimate of drug-likeness (QED) is 0.477. The molecular weight excluding hydrogens is 472 g/mol. The minimum absolute atomic E-state index is 0.0417. The van der Waals surface area contributed by atoms with Crippen LogP contribution in [0.4, 0.5) is 5.82 Å². The van der Waals surface area contributed by atoms with E-state index in [2.05, 4.69) is 5.32 Å². The van der Waals surface area contributed by atoms with Crippen molar-refractivity contribution in [2.75, 3.05) is 18.7 Å². The summed E-state index contributed by atoms with van der Waals surface area (Å²) < 4.78 is 12.7. The lowest BCUT2D eigenvalue weighted by Gasteiger charge is -2.18. The molecule has 0 bridgehead atoms. The summed E-state index contributed by atoms with van der Waals surface area (Å²) >= 11 is 6.65. The Balaban J connectivity index is 1.73. The minimum Gasteiger partial charge on any atom is -0.454 e. The van der Waals surface area contributed by atoms with Gasteiger partial charge >= 0.3 is 0 Å². The number of hydrogen-bond acceptors (Lipinski definition) is 8. The molecule has 2 aliphatic rings. The summed E-state index contributed by atoms with van der Waals surface area (Å²) in [6, 6.07) is 7.63. The standard InChI is InChI=1S/C24H24N4O4S2/c1-13(2)11-28-23(30)20(34-24(28)33)8-16-14(3)17(9-25)22(29)27(4)21(16)26-10-15-5-6-18-19(7-15)32-12-31-18/h5-8,13,26H,10-12H2,1-4H3/b20-8+. The highest BCUT2D eigenvalue weighted by Gasteiger charge is 2.33. The number of fused-ring (bicyclic) bond motifs is 1. The first-order valence-electron chi connectivity index (χ1n) is 10.7. The van der Waals surface area contributed by atoms with E-state index in [0.29, 0.717) is 50.8 Å². The molecule has 1 saturated heterocycles. The number of thioether (sulfide) groups is 1. The second kappa shape index (κ2) is 9.52. The Morgan fingerprint density at radius 3 is 2.74 bits per heavy atom. The molecule has 0 spiro atoms. The highest BCUT2D eigenvalue weighted by Crippen LogP contribution is 2.36. The molecule has 10 heteroatoms. The molecule has 0 aliphatic carbocycles. The van der Waals surface area contributed by atoms with Crippen molar-refractivity contribution in [1.82, 2.24) is 9.47 Å². The van der Waals surface area contributed by atoms with Crippen LogP contribution in [0.1, 0.15) is 36.1 Å². The highest BCUT2D eigenvalue weighted by molar-refractivity contribution is 8.26. The molecule has 176 valence electrons. The molecule has 8 nitrogen and oxygen atoms in total. The normalized spacial score (nSPS) is 16.0. The summed E-state index contributed by atoms with van der Waals surface area (Å²) in [7, 11) is 1.60. The molecule has 0 radical (unpaired) electrons. The van der Waals surface area contributed by atoms with Crippen molar-refractivity contribution in [3.05, 3.63) is 55.7 Å². The first-order chi connectivity index (χ1) is 16.2. The summed E-state index contributed by atoms with van der Waals surface area (Å²) in [5.41, 5.74) is 1.67. The fourth-order valence-electron chi connectivity index (χ4n) is 3.84. The summed E-state index contributed by atoms with van der Waals surface area (Å²) in [6.07, 6.45) is 1.72. The highest BCUT2D eigenvalue weighted by atomic mass is 32.2. The maximum atomic E-state index is 13.0. The van der Waals surface area contributed by atoms with E-state index in [9.17, 15) is 14.9 Å². The van der Waals surface area contributed by atoms with Crippen LogP contribution >= 0.6 is 24.0 Å². The number of ether oxygens (including phenoxy) is 2. The predicted molar refractivity (Wildman–Crippen MR) is 136 cm³/mol. The second-order valence-corrected chi connectivity index (χ2v) is 10.1. The third-order valence-electron chi connectivity index (χ3n) is 5.59. The van der Waals surface area contributed by atoms with Crippen molar-refractivity contribution in [2.45, 2.75) is 27.3 Å². The number of carbonyl (C=O) groups is 1. The van der Waals surface area contributed by atoms with Crippen molar-refractivity contribution in [1.29, 1.82) is 5.26 Å². The van der Waals surface area contributed by atoms with Gasteiger partial charge in [0.1, 0.15) is 21.8 Å². The van der Waals surface area contributed by atoms with Gasteiger partial charge in [-0.3, -0.25) is 19.1 Å². The molecule has 0 saturated carbocycles.